The number of aliphatic carboxylic acids is 1. The predicted molar refractivity (Wildman–Crippen MR) is 104 cm³/mol. The zero-order valence-electron chi connectivity index (χ0n) is 14.9. The van der Waals surface area contributed by atoms with Crippen molar-refractivity contribution in [3.8, 4) is 11.3 Å². The van der Waals surface area contributed by atoms with Gasteiger partial charge in [0.1, 0.15) is 5.65 Å². The first-order valence-corrected chi connectivity index (χ1v) is 8.84. The van der Waals surface area contributed by atoms with Gasteiger partial charge in [-0.05, 0) is 25.1 Å². The first-order chi connectivity index (χ1) is 13.5. The first kappa shape index (κ1) is 22.7. The number of fused-ring (bicyclic) bond motifs is 1. The van der Waals surface area contributed by atoms with Crippen molar-refractivity contribution in [1.82, 2.24) is 14.4 Å². The van der Waals surface area contributed by atoms with Crippen molar-refractivity contribution in [2.75, 3.05) is 11.9 Å². The van der Waals surface area contributed by atoms with Crippen LogP contribution < -0.4 is 11.1 Å². The zero-order valence-corrected chi connectivity index (χ0v) is 16.4. The molecule has 1 aromatic carbocycles. The number of imidazole rings is 1. The van der Waals surface area contributed by atoms with Crippen LogP contribution >= 0.6 is 23.2 Å². The van der Waals surface area contributed by atoms with Gasteiger partial charge in [0.2, 0.25) is 5.95 Å². The summed E-state index contributed by atoms with van der Waals surface area (Å²) in [6.45, 7) is 2.50. The number of nitrogens with two attached hydrogens (primary N) is 1. The Hall–Kier alpha value is -2.56. The quantitative estimate of drug-likeness (QED) is 0.553. The molecule has 1 unspecified atom stereocenters. The Morgan fingerprint density at radius 1 is 1.34 bits per heavy atom. The molecule has 0 amide bonds. The molecule has 4 N–H and O–H groups in total. The molecular weight excluding hydrogens is 434 g/mol. The van der Waals surface area contributed by atoms with Crippen LogP contribution in [0.25, 0.3) is 16.9 Å². The molecule has 12 heteroatoms. The van der Waals surface area contributed by atoms with E-state index in [2.05, 4.69) is 15.3 Å². The van der Waals surface area contributed by atoms with E-state index in [-0.39, 0.29) is 6.04 Å². The third-order valence-electron chi connectivity index (χ3n) is 3.57. The fourth-order valence-corrected chi connectivity index (χ4v) is 2.64. The molecule has 0 aliphatic carbocycles. The van der Waals surface area contributed by atoms with Crippen molar-refractivity contribution >= 4 is 40.8 Å². The van der Waals surface area contributed by atoms with Gasteiger partial charge in [-0.1, -0.05) is 23.2 Å². The molecule has 0 aliphatic rings. The maximum absolute atomic E-state index is 10.6. The van der Waals surface area contributed by atoms with E-state index in [1.54, 1.807) is 18.3 Å². The number of hydrogen-bond acceptors (Lipinski definition) is 5. The molecule has 0 radical (unpaired) electrons. The van der Waals surface area contributed by atoms with E-state index in [4.69, 9.17) is 38.8 Å². The predicted octanol–water partition coefficient (Wildman–Crippen LogP) is 4.10. The van der Waals surface area contributed by atoms with Gasteiger partial charge in [-0.3, -0.25) is 4.40 Å². The molecule has 2 heterocycles. The molecule has 156 valence electrons. The molecular formula is C17H16Cl2F3N5O2. The molecule has 1 atom stereocenters. The number of rotatable bonds is 4. The summed E-state index contributed by atoms with van der Waals surface area (Å²) in [6.07, 6.45) is -1.51. The number of nitrogens with one attached hydrogen (secondary N) is 1. The minimum atomic E-state index is -5.08. The number of carboxylic acid groups (broad SMARTS) is 1. The molecule has 29 heavy (non-hydrogen) atoms. The molecule has 7 nitrogen and oxygen atoms in total. The lowest BCUT2D eigenvalue weighted by Crippen LogP contribution is -2.26. The lowest BCUT2D eigenvalue weighted by molar-refractivity contribution is -0.192. The molecule has 0 saturated heterocycles. The minimum absolute atomic E-state index is 0.0917. The highest BCUT2D eigenvalue weighted by atomic mass is 35.5. The van der Waals surface area contributed by atoms with Crippen molar-refractivity contribution in [3.05, 3.63) is 46.7 Å². The Balaban J connectivity index is 0.000000370. The summed E-state index contributed by atoms with van der Waals surface area (Å²) in [5.41, 5.74) is 7.99. The zero-order chi connectivity index (χ0) is 21.8. The van der Waals surface area contributed by atoms with Crippen LogP contribution in [0.4, 0.5) is 19.1 Å². The van der Waals surface area contributed by atoms with Gasteiger partial charge in [0.15, 0.2) is 0 Å². The van der Waals surface area contributed by atoms with Crippen molar-refractivity contribution in [2.24, 2.45) is 5.73 Å². The van der Waals surface area contributed by atoms with Gasteiger partial charge in [0.05, 0.1) is 10.7 Å². The highest BCUT2D eigenvalue weighted by molar-refractivity contribution is 6.36. The van der Waals surface area contributed by atoms with Crippen molar-refractivity contribution in [3.63, 3.8) is 0 Å². The molecule has 0 saturated carbocycles. The van der Waals surface area contributed by atoms with E-state index in [0.717, 1.165) is 16.9 Å². The van der Waals surface area contributed by atoms with E-state index in [0.29, 0.717) is 22.5 Å². The van der Waals surface area contributed by atoms with Crippen molar-refractivity contribution in [2.45, 2.75) is 19.1 Å². The number of benzene rings is 1. The Morgan fingerprint density at radius 3 is 2.55 bits per heavy atom. The van der Waals surface area contributed by atoms with Crippen LogP contribution in [0.1, 0.15) is 6.92 Å². The topological polar surface area (TPSA) is 106 Å². The first-order valence-electron chi connectivity index (χ1n) is 8.09. The number of carbonyl (C=O) groups is 1. The fraction of sp³-hybridized carbons (Fsp3) is 0.235. The standard InChI is InChI=1S/C15H15Cl2N5.C2HF3O2/c1-9(8-18)20-15-21-13(7-14-19-4-5-22(14)15)11-3-2-10(16)6-12(11)17;3-2(4,5)1(6)7/h2-7,9H,8,18H2,1H3,(H,20,21);(H,6,7). The Bertz CT molecular complexity index is 1010. The number of aromatic nitrogens is 3. The number of hydrogen-bond donors (Lipinski definition) is 3. The monoisotopic (exact) mass is 449 g/mol. The number of carboxylic acids is 1. The largest absolute Gasteiger partial charge is 0.490 e. The van der Waals surface area contributed by atoms with Gasteiger partial charge in [0, 0.05) is 41.6 Å². The van der Waals surface area contributed by atoms with Gasteiger partial charge >= 0.3 is 12.1 Å². The summed E-state index contributed by atoms with van der Waals surface area (Å²) in [5, 5.41) is 11.5. The van der Waals surface area contributed by atoms with Crippen LogP contribution in [0.3, 0.4) is 0 Å². The van der Waals surface area contributed by atoms with Gasteiger partial charge in [-0.2, -0.15) is 13.2 Å². The van der Waals surface area contributed by atoms with E-state index in [9.17, 15) is 13.2 Å². The van der Waals surface area contributed by atoms with Crippen LogP contribution in [0.15, 0.2) is 36.7 Å². The summed E-state index contributed by atoms with van der Waals surface area (Å²) in [6, 6.07) is 7.31. The average molecular weight is 450 g/mol. The smallest absolute Gasteiger partial charge is 0.475 e. The van der Waals surface area contributed by atoms with Crippen LogP contribution in [0.2, 0.25) is 10.0 Å². The third kappa shape index (κ3) is 5.96. The van der Waals surface area contributed by atoms with E-state index >= 15 is 0 Å². The van der Waals surface area contributed by atoms with Crippen LogP contribution in [0.5, 0.6) is 0 Å². The highest BCUT2D eigenvalue weighted by Gasteiger charge is 2.38. The summed E-state index contributed by atoms with van der Waals surface area (Å²) in [5.74, 6) is -2.08. The molecule has 0 bridgehead atoms. The number of anilines is 1. The van der Waals surface area contributed by atoms with Crippen molar-refractivity contribution in [1.29, 1.82) is 0 Å². The van der Waals surface area contributed by atoms with Crippen LogP contribution in [-0.2, 0) is 4.79 Å². The fourth-order valence-electron chi connectivity index (χ4n) is 2.14. The Labute approximate surface area is 173 Å². The number of alkyl halides is 3. The molecule has 2 aromatic heterocycles. The lowest BCUT2D eigenvalue weighted by atomic mass is 10.1. The highest BCUT2D eigenvalue weighted by Crippen LogP contribution is 2.30. The lowest BCUT2D eigenvalue weighted by Gasteiger charge is -2.15. The van der Waals surface area contributed by atoms with E-state index in [1.807, 2.05) is 29.7 Å². The van der Waals surface area contributed by atoms with Gasteiger partial charge in [-0.25, -0.2) is 14.8 Å². The summed E-state index contributed by atoms with van der Waals surface area (Å²) < 4.78 is 33.6. The Morgan fingerprint density at radius 2 is 2.00 bits per heavy atom. The van der Waals surface area contributed by atoms with E-state index in [1.165, 1.54) is 0 Å². The second-order valence-electron chi connectivity index (χ2n) is 5.83. The summed E-state index contributed by atoms with van der Waals surface area (Å²) in [4.78, 5) is 17.9. The maximum Gasteiger partial charge on any atom is 0.490 e. The molecule has 3 aromatic rings. The summed E-state index contributed by atoms with van der Waals surface area (Å²) >= 11 is 12.2. The molecule has 0 fully saturated rings. The maximum atomic E-state index is 10.6. The van der Waals surface area contributed by atoms with Crippen LogP contribution in [-0.4, -0.2) is 44.2 Å². The minimum Gasteiger partial charge on any atom is -0.475 e. The molecule has 0 spiro atoms. The number of nitrogens with zero attached hydrogens (tertiary/aromatic N) is 3. The second kappa shape index (κ2) is 9.29. The van der Waals surface area contributed by atoms with Gasteiger partial charge in [-0.15, -0.1) is 0 Å². The normalized spacial score (nSPS) is 12.2. The summed E-state index contributed by atoms with van der Waals surface area (Å²) in [7, 11) is 0. The molecule has 0 aliphatic heterocycles. The van der Waals surface area contributed by atoms with Crippen molar-refractivity contribution < 1.29 is 23.1 Å². The average Bonchev–Trinajstić information content (AvgIpc) is 3.10. The third-order valence-corrected chi connectivity index (χ3v) is 4.12. The second-order valence-corrected chi connectivity index (χ2v) is 6.67. The van der Waals surface area contributed by atoms with Gasteiger partial charge in [0.25, 0.3) is 0 Å². The molecule has 3 rings (SSSR count). The number of halogens is 5. The Kier molecular flexibility index (Phi) is 7.28. The van der Waals surface area contributed by atoms with Gasteiger partial charge < -0.3 is 16.2 Å². The van der Waals surface area contributed by atoms with E-state index < -0.39 is 12.1 Å². The SMILES string of the molecule is CC(CN)Nc1nc(-c2ccc(Cl)cc2Cl)cc2nccn12.O=C(O)C(F)(F)F. The van der Waals surface area contributed by atoms with Crippen LogP contribution in [0, 0.1) is 0 Å².